The summed E-state index contributed by atoms with van der Waals surface area (Å²) in [7, 11) is 1.54. The molecule has 224 valence electrons. The van der Waals surface area contributed by atoms with Crippen LogP contribution < -0.4 is 5.32 Å². The van der Waals surface area contributed by atoms with Gasteiger partial charge in [0.15, 0.2) is 0 Å². The van der Waals surface area contributed by atoms with Gasteiger partial charge in [0.25, 0.3) is 0 Å². The van der Waals surface area contributed by atoms with Gasteiger partial charge in [-0.05, 0) is 42.7 Å². The van der Waals surface area contributed by atoms with Crippen LogP contribution in [0.15, 0.2) is 36.7 Å². The average molecular weight is 603 g/mol. The highest BCUT2D eigenvalue weighted by molar-refractivity contribution is 7.18. The number of hydrogen-bond acceptors (Lipinski definition) is 9. The lowest BCUT2D eigenvalue weighted by Crippen LogP contribution is -2.38. The van der Waals surface area contributed by atoms with E-state index in [1.54, 1.807) is 13.2 Å². The lowest BCUT2D eigenvalue weighted by atomic mass is 10.0. The van der Waals surface area contributed by atoms with Crippen molar-refractivity contribution in [1.29, 1.82) is 5.26 Å². The predicted molar refractivity (Wildman–Crippen MR) is 154 cm³/mol. The number of aromatic nitrogens is 3. The molecule has 13 heteroatoms. The Hall–Kier alpha value is -3.28. The molecule has 3 aromatic heterocycles. The van der Waals surface area contributed by atoms with Gasteiger partial charge in [0, 0.05) is 67.6 Å². The molecular formula is C29H33F3N6O3S. The highest BCUT2D eigenvalue weighted by Gasteiger charge is 2.29. The summed E-state index contributed by atoms with van der Waals surface area (Å²) in [6.45, 7) is 3.35. The van der Waals surface area contributed by atoms with E-state index < -0.39 is 12.6 Å². The highest BCUT2D eigenvalue weighted by Crippen LogP contribution is 2.33. The number of nitriles is 1. The standard InChI is InChI=1S/C29H33F3N6O3S/c1-40-18-41-16-20(15-39)14-38-23(12-33)9-21-8-19(2-3-26(21)38)13-37-6-4-22(5-7-37)36-27-25-10-24(11-29(30,31)32)42-28(25)35-17-34-27/h2-3,8-10,17,20,22,39H,4-7,11,13-16,18H2,1H3,(H,34,35,36). The third-order valence-corrected chi connectivity index (χ3v) is 8.47. The van der Waals surface area contributed by atoms with Crippen molar-refractivity contribution < 1.29 is 27.8 Å². The molecule has 4 heterocycles. The van der Waals surface area contributed by atoms with Crippen molar-refractivity contribution in [3.05, 3.63) is 52.8 Å². The zero-order valence-corrected chi connectivity index (χ0v) is 24.0. The molecule has 42 heavy (non-hydrogen) atoms. The summed E-state index contributed by atoms with van der Waals surface area (Å²) in [6.07, 6.45) is -2.09. The average Bonchev–Trinajstić information content (AvgIpc) is 3.53. The summed E-state index contributed by atoms with van der Waals surface area (Å²) in [5, 5.41) is 24.6. The van der Waals surface area contributed by atoms with Gasteiger partial charge in [-0.1, -0.05) is 6.07 Å². The Morgan fingerprint density at radius 1 is 1.21 bits per heavy atom. The maximum Gasteiger partial charge on any atom is 0.393 e. The molecule has 1 aromatic carbocycles. The first-order valence-corrected chi connectivity index (χ1v) is 14.6. The minimum atomic E-state index is -4.26. The number of piperidine rings is 1. The van der Waals surface area contributed by atoms with Gasteiger partial charge < -0.3 is 24.5 Å². The Morgan fingerprint density at radius 2 is 2.02 bits per heavy atom. The van der Waals surface area contributed by atoms with Crippen LogP contribution in [0.3, 0.4) is 0 Å². The van der Waals surface area contributed by atoms with Crippen molar-refractivity contribution in [2.45, 2.75) is 44.6 Å². The second-order valence-electron chi connectivity index (χ2n) is 10.6. The highest BCUT2D eigenvalue weighted by atomic mass is 32.1. The van der Waals surface area contributed by atoms with Gasteiger partial charge in [-0.25, -0.2) is 9.97 Å². The molecule has 5 rings (SSSR count). The number of ether oxygens (including phenoxy) is 2. The van der Waals surface area contributed by atoms with Gasteiger partial charge in [0.1, 0.15) is 35.5 Å². The Bertz CT molecular complexity index is 1540. The third-order valence-electron chi connectivity index (χ3n) is 7.42. The van der Waals surface area contributed by atoms with Crippen molar-refractivity contribution in [1.82, 2.24) is 19.4 Å². The van der Waals surface area contributed by atoms with Crippen LogP contribution in [0.4, 0.5) is 19.0 Å². The van der Waals surface area contributed by atoms with Crippen molar-refractivity contribution in [2.75, 3.05) is 45.5 Å². The second-order valence-corrected chi connectivity index (χ2v) is 11.7. The van der Waals surface area contributed by atoms with Crippen molar-refractivity contribution in [2.24, 2.45) is 5.92 Å². The van der Waals surface area contributed by atoms with E-state index in [1.807, 2.05) is 16.7 Å². The van der Waals surface area contributed by atoms with Crippen LogP contribution in [-0.4, -0.2) is 77.0 Å². The van der Waals surface area contributed by atoms with Crippen LogP contribution >= 0.6 is 11.3 Å². The lowest BCUT2D eigenvalue weighted by Gasteiger charge is -2.32. The van der Waals surface area contributed by atoms with Gasteiger partial charge in [0.05, 0.1) is 18.4 Å². The number of aliphatic hydroxyl groups excluding tert-OH is 1. The first-order chi connectivity index (χ1) is 20.3. The van der Waals surface area contributed by atoms with E-state index >= 15 is 0 Å². The second kappa shape index (κ2) is 13.4. The topological polar surface area (TPSA) is 108 Å². The number of halogens is 3. The van der Waals surface area contributed by atoms with E-state index in [0.717, 1.165) is 60.3 Å². The fraction of sp³-hybridized carbons (Fsp3) is 0.483. The molecule has 1 saturated heterocycles. The number of anilines is 1. The molecule has 1 aliphatic heterocycles. The molecule has 0 amide bonds. The van der Waals surface area contributed by atoms with E-state index in [1.165, 1.54) is 6.33 Å². The quantitative estimate of drug-likeness (QED) is 0.174. The lowest BCUT2D eigenvalue weighted by molar-refractivity contribution is -0.126. The minimum absolute atomic E-state index is 0.0639. The maximum atomic E-state index is 12.9. The predicted octanol–water partition coefficient (Wildman–Crippen LogP) is 4.93. The Labute approximate surface area is 245 Å². The number of aliphatic hydroxyl groups is 1. The molecule has 9 nitrogen and oxygen atoms in total. The van der Waals surface area contributed by atoms with Gasteiger partial charge in [-0.2, -0.15) is 18.4 Å². The van der Waals surface area contributed by atoms with Gasteiger partial charge in [-0.3, -0.25) is 4.90 Å². The number of methoxy groups -OCH3 is 1. The Balaban J connectivity index is 1.19. The number of likely N-dealkylation sites (tertiary alicyclic amines) is 1. The molecule has 0 saturated carbocycles. The van der Waals surface area contributed by atoms with Crippen LogP contribution in [0.2, 0.25) is 0 Å². The zero-order valence-electron chi connectivity index (χ0n) is 23.2. The molecule has 0 radical (unpaired) electrons. The normalized spacial score (nSPS) is 15.8. The molecule has 0 bridgehead atoms. The monoisotopic (exact) mass is 602 g/mol. The summed E-state index contributed by atoms with van der Waals surface area (Å²) in [6, 6.07) is 12.1. The van der Waals surface area contributed by atoms with E-state index in [2.05, 4.69) is 38.4 Å². The first-order valence-electron chi connectivity index (χ1n) is 13.7. The number of nitrogens with zero attached hydrogens (tertiary/aromatic N) is 5. The molecule has 2 N–H and O–H groups in total. The third kappa shape index (κ3) is 7.37. The number of rotatable bonds is 12. The number of thiophene rings is 1. The maximum absolute atomic E-state index is 12.9. The summed E-state index contributed by atoms with van der Waals surface area (Å²) >= 11 is 1.05. The van der Waals surface area contributed by atoms with Crippen molar-refractivity contribution in [3.63, 3.8) is 0 Å². The van der Waals surface area contributed by atoms with E-state index in [-0.39, 0.29) is 30.2 Å². The summed E-state index contributed by atoms with van der Waals surface area (Å²) in [4.78, 5) is 11.6. The van der Waals surface area contributed by atoms with Crippen LogP contribution in [0, 0.1) is 17.2 Å². The molecule has 1 fully saturated rings. The Kier molecular flexibility index (Phi) is 9.60. The smallest absolute Gasteiger partial charge is 0.393 e. The van der Waals surface area contributed by atoms with Gasteiger partial charge in [-0.15, -0.1) is 11.3 Å². The van der Waals surface area contributed by atoms with Crippen LogP contribution in [0.25, 0.3) is 21.1 Å². The number of hydrogen-bond donors (Lipinski definition) is 2. The molecule has 1 atom stereocenters. The Morgan fingerprint density at radius 3 is 2.74 bits per heavy atom. The molecular weight excluding hydrogens is 569 g/mol. The number of alkyl halides is 3. The zero-order chi connectivity index (χ0) is 29.7. The largest absolute Gasteiger partial charge is 0.396 e. The van der Waals surface area contributed by atoms with Crippen molar-refractivity contribution in [3.8, 4) is 6.07 Å². The number of fused-ring (bicyclic) bond motifs is 2. The molecule has 0 aliphatic carbocycles. The summed E-state index contributed by atoms with van der Waals surface area (Å²) < 4.78 is 50.9. The summed E-state index contributed by atoms with van der Waals surface area (Å²) in [5.41, 5.74) is 2.62. The number of nitrogens with one attached hydrogen (secondary N) is 1. The SMILES string of the molecule is COCOCC(CO)Cn1c(C#N)cc2cc(CN3CCC(Nc4ncnc5sc(CC(F)(F)F)cc45)CC3)ccc21. The van der Waals surface area contributed by atoms with Gasteiger partial charge >= 0.3 is 6.18 Å². The van der Waals surface area contributed by atoms with Gasteiger partial charge in [0.2, 0.25) is 0 Å². The first kappa shape index (κ1) is 30.2. The van der Waals surface area contributed by atoms with Crippen LogP contribution in [-0.2, 0) is 29.0 Å². The molecule has 0 spiro atoms. The molecule has 4 aromatic rings. The molecule has 1 unspecified atom stereocenters. The molecule has 1 aliphatic rings. The van der Waals surface area contributed by atoms with E-state index in [4.69, 9.17) is 9.47 Å². The number of benzene rings is 1. The fourth-order valence-corrected chi connectivity index (χ4v) is 6.45. The summed E-state index contributed by atoms with van der Waals surface area (Å²) in [5.74, 6) is 0.414. The van der Waals surface area contributed by atoms with E-state index in [9.17, 15) is 23.5 Å². The minimum Gasteiger partial charge on any atom is -0.396 e. The van der Waals surface area contributed by atoms with Crippen LogP contribution in [0.1, 0.15) is 29.0 Å². The van der Waals surface area contributed by atoms with E-state index in [0.29, 0.717) is 34.9 Å². The van der Waals surface area contributed by atoms with Crippen molar-refractivity contribution >= 4 is 38.3 Å². The van der Waals surface area contributed by atoms with Crippen LogP contribution in [0.5, 0.6) is 0 Å². The fourth-order valence-electron chi connectivity index (χ4n) is 5.42.